The molecule has 3 aromatic rings. The molecule has 0 unspecified atom stereocenters. The number of benzene rings is 3. The van der Waals surface area contributed by atoms with Crippen LogP contribution in [0.1, 0.15) is 15.9 Å². The average Bonchev–Trinajstić information content (AvgIpc) is 2.92. The number of hydrogen-bond acceptors (Lipinski definition) is 5. The van der Waals surface area contributed by atoms with Gasteiger partial charge in [-0.1, -0.05) is 42.1 Å². The van der Waals surface area contributed by atoms with Crippen LogP contribution in [0.3, 0.4) is 0 Å². The van der Waals surface area contributed by atoms with Gasteiger partial charge in [-0.3, -0.25) is 9.59 Å². The van der Waals surface area contributed by atoms with E-state index in [4.69, 9.17) is 4.74 Å². The van der Waals surface area contributed by atoms with Crippen LogP contribution in [0.25, 0.3) is 6.08 Å². The normalized spacial score (nSPS) is 16.9. The van der Waals surface area contributed by atoms with Crippen molar-refractivity contribution in [1.29, 1.82) is 0 Å². The topological polar surface area (TPSA) is 53.1 Å². The third-order valence-electron chi connectivity index (χ3n) is 6.38. The van der Waals surface area contributed by atoms with Crippen molar-refractivity contribution in [3.8, 4) is 5.75 Å². The Bertz CT molecular complexity index is 1280. The van der Waals surface area contributed by atoms with Crippen LogP contribution in [-0.4, -0.2) is 57.1 Å². The minimum Gasteiger partial charge on any atom is -0.497 e. The van der Waals surface area contributed by atoms with Gasteiger partial charge in [-0.05, 0) is 54.1 Å². The zero-order chi connectivity index (χ0) is 24.4. The van der Waals surface area contributed by atoms with Crippen molar-refractivity contribution in [3.05, 3.63) is 88.8 Å². The molecule has 0 aliphatic carbocycles. The summed E-state index contributed by atoms with van der Waals surface area (Å²) < 4.78 is 5.29. The Balaban J connectivity index is 1.31. The third-order valence-corrected chi connectivity index (χ3v) is 7.46. The fourth-order valence-electron chi connectivity index (χ4n) is 4.40. The molecule has 0 spiro atoms. The van der Waals surface area contributed by atoms with E-state index in [9.17, 15) is 9.59 Å². The summed E-state index contributed by atoms with van der Waals surface area (Å²) in [5, 5.41) is 0. The van der Waals surface area contributed by atoms with Crippen LogP contribution in [0, 0.1) is 0 Å². The van der Waals surface area contributed by atoms with E-state index in [0.29, 0.717) is 23.6 Å². The van der Waals surface area contributed by atoms with E-state index in [1.54, 1.807) is 19.1 Å². The first kappa shape index (κ1) is 23.1. The van der Waals surface area contributed by atoms with Gasteiger partial charge in [0.15, 0.2) is 0 Å². The van der Waals surface area contributed by atoms with Crippen LogP contribution in [-0.2, 0) is 4.79 Å². The number of likely N-dealkylation sites (N-methyl/N-ethyl adjacent to an activating group) is 1. The molecule has 2 heterocycles. The average molecular weight is 486 g/mol. The molecular formula is C28H27N3O3S. The molecule has 2 amide bonds. The Kier molecular flexibility index (Phi) is 6.51. The lowest BCUT2D eigenvalue weighted by Gasteiger charge is -2.36. The molecular weight excluding hydrogens is 458 g/mol. The summed E-state index contributed by atoms with van der Waals surface area (Å²) in [5.41, 5.74) is 3.45. The number of carbonyl (C=O) groups is 2. The van der Waals surface area contributed by atoms with Gasteiger partial charge in [0.25, 0.3) is 11.8 Å². The second-order valence-electron chi connectivity index (χ2n) is 8.55. The monoisotopic (exact) mass is 485 g/mol. The summed E-state index contributed by atoms with van der Waals surface area (Å²) in [4.78, 5) is 33.8. The number of piperazine rings is 1. The molecule has 0 saturated carbocycles. The van der Waals surface area contributed by atoms with Crippen molar-refractivity contribution in [1.82, 2.24) is 4.90 Å². The minimum atomic E-state index is -0.0913. The van der Waals surface area contributed by atoms with Crippen molar-refractivity contribution < 1.29 is 14.3 Å². The van der Waals surface area contributed by atoms with E-state index < -0.39 is 0 Å². The number of amides is 2. The van der Waals surface area contributed by atoms with Crippen LogP contribution in [0.2, 0.25) is 0 Å². The molecule has 0 atom stereocenters. The number of anilines is 2. The Morgan fingerprint density at radius 2 is 1.71 bits per heavy atom. The van der Waals surface area contributed by atoms with Crippen molar-refractivity contribution >= 4 is 41.0 Å². The molecule has 178 valence electrons. The predicted molar refractivity (Wildman–Crippen MR) is 141 cm³/mol. The number of rotatable bonds is 4. The molecule has 2 aliphatic heterocycles. The number of nitrogens with zero attached hydrogens (tertiary/aromatic N) is 3. The summed E-state index contributed by atoms with van der Waals surface area (Å²) in [7, 11) is 3.38. The molecule has 6 nitrogen and oxygen atoms in total. The Hall–Kier alpha value is -3.71. The van der Waals surface area contributed by atoms with Gasteiger partial charge in [0.05, 0.1) is 17.7 Å². The maximum Gasteiger partial charge on any atom is 0.264 e. The summed E-state index contributed by atoms with van der Waals surface area (Å²) in [5.74, 6) is 0.657. The molecule has 0 radical (unpaired) electrons. The Labute approximate surface area is 209 Å². The highest BCUT2D eigenvalue weighted by Gasteiger charge is 2.29. The van der Waals surface area contributed by atoms with Crippen LogP contribution in [0.15, 0.2) is 82.6 Å². The molecule has 0 N–H and O–H groups in total. The van der Waals surface area contributed by atoms with E-state index in [2.05, 4.69) is 17.0 Å². The van der Waals surface area contributed by atoms with E-state index in [1.807, 2.05) is 71.6 Å². The quantitative estimate of drug-likeness (QED) is 0.499. The maximum absolute atomic E-state index is 13.3. The Morgan fingerprint density at radius 3 is 2.46 bits per heavy atom. The molecule has 2 aliphatic rings. The number of para-hydroxylation sites is 1. The van der Waals surface area contributed by atoms with Crippen LogP contribution < -0.4 is 14.5 Å². The van der Waals surface area contributed by atoms with Gasteiger partial charge >= 0.3 is 0 Å². The second-order valence-corrected chi connectivity index (χ2v) is 9.63. The standard InChI is InChI=1S/C28H27N3O3S/c1-29-24-19-21(27(32)31-15-13-30(14-16-31)22-8-4-3-5-9-22)11-12-25(24)35-26(28(29)33)18-20-7-6-10-23(17-20)34-2/h3-12,17-19H,13-16H2,1-2H3/b26-18-. The lowest BCUT2D eigenvalue weighted by atomic mass is 10.1. The lowest BCUT2D eigenvalue weighted by molar-refractivity contribution is -0.114. The summed E-state index contributed by atoms with van der Waals surface area (Å²) in [6, 6.07) is 23.5. The third kappa shape index (κ3) is 4.77. The summed E-state index contributed by atoms with van der Waals surface area (Å²) in [6.45, 7) is 2.93. The van der Waals surface area contributed by atoms with E-state index in [-0.39, 0.29) is 11.8 Å². The van der Waals surface area contributed by atoms with E-state index in [0.717, 1.165) is 35.0 Å². The lowest BCUT2D eigenvalue weighted by Crippen LogP contribution is -2.48. The highest BCUT2D eigenvalue weighted by Crippen LogP contribution is 2.42. The number of fused-ring (bicyclic) bond motifs is 1. The second kappa shape index (κ2) is 9.88. The molecule has 1 saturated heterocycles. The van der Waals surface area contributed by atoms with Gasteiger partial charge in [-0.15, -0.1) is 0 Å². The summed E-state index contributed by atoms with van der Waals surface area (Å²) in [6.07, 6.45) is 1.88. The number of hydrogen-bond donors (Lipinski definition) is 0. The number of carbonyl (C=O) groups excluding carboxylic acids is 2. The van der Waals surface area contributed by atoms with Crippen molar-refractivity contribution in [2.24, 2.45) is 0 Å². The molecule has 1 fully saturated rings. The highest BCUT2D eigenvalue weighted by atomic mass is 32.2. The van der Waals surface area contributed by atoms with E-state index >= 15 is 0 Å². The first-order chi connectivity index (χ1) is 17.0. The SMILES string of the molecule is COc1cccc(/C=C2\Sc3ccc(C(=O)N4CCN(c5ccccc5)CC4)cc3N(C)C2=O)c1. The van der Waals surface area contributed by atoms with Crippen molar-refractivity contribution in [2.45, 2.75) is 4.90 Å². The fraction of sp³-hybridized carbons (Fsp3) is 0.214. The predicted octanol–water partition coefficient (Wildman–Crippen LogP) is 4.77. The zero-order valence-corrected chi connectivity index (χ0v) is 20.6. The molecule has 5 rings (SSSR count). The van der Waals surface area contributed by atoms with Gasteiger partial charge in [0.2, 0.25) is 0 Å². The first-order valence-corrected chi connectivity index (χ1v) is 12.4. The van der Waals surface area contributed by atoms with Crippen LogP contribution in [0.5, 0.6) is 5.75 Å². The first-order valence-electron chi connectivity index (χ1n) is 11.6. The van der Waals surface area contributed by atoms with Crippen LogP contribution >= 0.6 is 11.8 Å². The number of thioether (sulfide) groups is 1. The number of ether oxygens (including phenoxy) is 1. The van der Waals surface area contributed by atoms with Crippen LogP contribution in [0.4, 0.5) is 11.4 Å². The van der Waals surface area contributed by atoms with Gasteiger partial charge in [-0.25, -0.2) is 0 Å². The minimum absolute atomic E-state index is 0.00378. The molecule has 0 aromatic heterocycles. The zero-order valence-electron chi connectivity index (χ0n) is 19.8. The summed E-state index contributed by atoms with van der Waals surface area (Å²) >= 11 is 1.43. The van der Waals surface area contributed by atoms with Gasteiger partial charge in [0.1, 0.15) is 5.75 Å². The van der Waals surface area contributed by atoms with Gasteiger partial charge in [0, 0.05) is 49.4 Å². The van der Waals surface area contributed by atoms with Crippen molar-refractivity contribution in [2.75, 3.05) is 50.1 Å². The molecule has 3 aromatic carbocycles. The highest BCUT2D eigenvalue weighted by molar-refractivity contribution is 8.04. The van der Waals surface area contributed by atoms with Crippen molar-refractivity contribution in [3.63, 3.8) is 0 Å². The largest absolute Gasteiger partial charge is 0.497 e. The number of methoxy groups -OCH3 is 1. The molecule has 35 heavy (non-hydrogen) atoms. The fourth-order valence-corrected chi connectivity index (χ4v) is 5.49. The van der Waals surface area contributed by atoms with Gasteiger partial charge < -0.3 is 19.4 Å². The van der Waals surface area contributed by atoms with E-state index in [1.165, 1.54) is 17.4 Å². The Morgan fingerprint density at radius 1 is 0.943 bits per heavy atom. The maximum atomic E-state index is 13.3. The van der Waals surface area contributed by atoms with Gasteiger partial charge in [-0.2, -0.15) is 0 Å². The smallest absolute Gasteiger partial charge is 0.264 e. The molecule has 7 heteroatoms. The molecule has 0 bridgehead atoms.